The average Bonchev–Trinajstić information content (AvgIpc) is 3.04. The van der Waals surface area contributed by atoms with Gasteiger partial charge in [-0.2, -0.15) is 0 Å². The molecule has 0 fully saturated rings. The van der Waals surface area contributed by atoms with Gasteiger partial charge in [-0.05, 0) is 24.3 Å². The molecule has 3 heterocycles. The van der Waals surface area contributed by atoms with E-state index in [0.717, 1.165) is 0 Å². The molecule has 0 spiro atoms. The van der Waals surface area contributed by atoms with E-state index in [4.69, 9.17) is 9.52 Å². The lowest BCUT2D eigenvalue weighted by atomic mass is 10.3. The van der Waals surface area contributed by atoms with Gasteiger partial charge in [0.2, 0.25) is 0 Å². The second-order valence-electron chi connectivity index (χ2n) is 4.00. The number of aromatic carboxylic acids is 2. The lowest BCUT2D eigenvalue weighted by molar-refractivity contribution is 0.0678. The predicted molar refractivity (Wildman–Crippen MR) is 66.8 cm³/mol. The number of imidazole rings is 1. The number of rotatable bonds is 3. The van der Waals surface area contributed by atoms with Crippen LogP contribution in [0.5, 0.6) is 0 Å². The zero-order chi connectivity index (χ0) is 14.3. The Hall–Kier alpha value is -3.09. The maximum absolute atomic E-state index is 11.3. The standard InChI is InChI=1S/C13H8N2O5/c16-12(17)8-4-1-3-7-10(13(18)19)14-11(15(7)8)9-5-2-6-20-9/h1-6H,(H,16,17)(H,18,19). The van der Waals surface area contributed by atoms with E-state index in [-0.39, 0.29) is 22.7 Å². The van der Waals surface area contributed by atoms with Crippen molar-refractivity contribution in [2.24, 2.45) is 0 Å². The number of carboxylic acid groups (broad SMARTS) is 2. The Kier molecular flexibility index (Phi) is 2.53. The molecule has 7 heteroatoms. The summed E-state index contributed by atoms with van der Waals surface area (Å²) < 4.78 is 6.44. The third-order valence-electron chi connectivity index (χ3n) is 2.83. The van der Waals surface area contributed by atoms with Gasteiger partial charge in [-0.25, -0.2) is 14.6 Å². The van der Waals surface area contributed by atoms with Crippen LogP contribution in [-0.2, 0) is 0 Å². The first-order valence-electron chi connectivity index (χ1n) is 5.61. The molecule has 0 saturated heterocycles. The molecule has 7 nitrogen and oxygen atoms in total. The number of furan rings is 1. The summed E-state index contributed by atoms with van der Waals surface area (Å²) in [6.07, 6.45) is 1.40. The maximum atomic E-state index is 11.3. The highest BCUT2D eigenvalue weighted by molar-refractivity contribution is 5.97. The Morgan fingerprint density at radius 1 is 1.10 bits per heavy atom. The molecule has 0 aliphatic heterocycles. The topological polar surface area (TPSA) is 105 Å². The second kappa shape index (κ2) is 4.23. The summed E-state index contributed by atoms with van der Waals surface area (Å²) in [5, 5.41) is 18.4. The number of pyridine rings is 1. The number of aromatic nitrogens is 2. The van der Waals surface area contributed by atoms with Crippen LogP contribution in [0.25, 0.3) is 17.1 Å². The first kappa shape index (κ1) is 12.0. The lowest BCUT2D eigenvalue weighted by Gasteiger charge is -2.03. The van der Waals surface area contributed by atoms with Crippen LogP contribution < -0.4 is 0 Å². The molecule has 3 rings (SSSR count). The molecule has 0 amide bonds. The van der Waals surface area contributed by atoms with Crippen molar-refractivity contribution in [3.05, 3.63) is 48.0 Å². The third kappa shape index (κ3) is 1.64. The molecule has 0 unspecified atom stereocenters. The van der Waals surface area contributed by atoms with Crippen LogP contribution in [0.15, 0.2) is 41.0 Å². The normalized spacial score (nSPS) is 10.8. The molecule has 0 aliphatic rings. The average molecular weight is 272 g/mol. The largest absolute Gasteiger partial charge is 0.477 e. The van der Waals surface area contributed by atoms with Crippen molar-refractivity contribution in [3.63, 3.8) is 0 Å². The fraction of sp³-hybridized carbons (Fsp3) is 0. The number of nitrogens with zero attached hydrogens (tertiary/aromatic N) is 2. The summed E-state index contributed by atoms with van der Waals surface area (Å²) in [5.74, 6) is -1.98. The molecule has 2 N–H and O–H groups in total. The summed E-state index contributed by atoms with van der Waals surface area (Å²) >= 11 is 0. The molecule has 100 valence electrons. The van der Waals surface area contributed by atoms with Gasteiger partial charge in [0.1, 0.15) is 5.69 Å². The van der Waals surface area contributed by atoms with E-state index < -0.39 is 11.9 Å². The third-order valence-corrected chi connectivity index (χ3v) is 2.83. The molecule has 0 aliphatic carbocycles. The minimum atomic E-state index is -1.23. The van der Waals surface area contributed by atoms with E-state index in [9.17, 15) is 14.7 Å². The molecular weight excluding hydrogens is 264 g/mol. The Morgan fingerprint density at radius 3 is 2.50 bits per heavy atom. The van der Waals surface area contributed by atoms with E-state index in [1.165, 1.54) is 28.9 Å². The van der Waals surface area contributed by atoms with Crippen LogP contribution in [0.1, 0.15) is 21.0 Å². The van der Waals surface area contributed by atoms with Gasteiger partial charge in [0.05, 0.1) is 11.8 Å². The molecule has 0 bridgehead atoms. The van der Waals surface area contributed by atoms with Crippen LogP contribution in [0, 0.1) is 0 Å². The van der Waals surface area contributed by atoms with Crippen LogP contribution >= 0.6 is 0 Å². The number of carboxylic acids is 2. The van der Waals surface area contributed by atoms with Crippen molar-refractivity contribution in [2.75, 3.05) is 0 Å². The molecule has 3 aromatic rings. The predicted octanol–water partition coefficient (Wildman–Crippen LogP) is 1.99. The van der Waals surface area contributed by atoms with E-state index in [1.807, 2.05) is 0 Å². The van der Waals surface area contributed by atoms with E-state index >= 15 is 0 Å². The fourth-order valence-corrected chi connectivity index (χ4v) is 2.03. The van der Waals surface area contributed by atoms with E-state index in [2.05, 4.69) is 4.98 Å². The lowest BCUT2D eigenvalue weighted by Crippen LogP contribution is -2.06. The Bertz CT molecular complexity index is 817. The van der Waals surface area contributed by atoms with Crippen LogP contribution in [0.2, 0.25) is 0 Å². The minimum Gasteiger partial charge on any atom is -0.477 e. The van der Waals surface area contributed by atoms with Crippen molar-refractivity contribution in [1.29, 1.82) is 0 Å². The van der Waals surface area contributed by atoms with Gasteiger partial charge >= 0.3 is 11.9 Å². The van der Waals surface area contributed by atoms with Gasteiger partial charge in [0, 0.05) is 0 Å². The van der Waals surface area contributed by atoms with Crippen molar-refractivity contribution >= 4 is 17.5 Å². The molecule has 0 saturated carbocycles. The molecule has 3 aromatic heterocycles. The highest BCUT2D eigenvalue weighted by atomic mass is 16.4. The first-order chi connectivity index (χ1) is 9.59. The van der Waals surface area contributed by atoms with Gasteiger partial charge in [0.25, 0.3) is 0 Å². The minimum absolute atomic E-state index is 0.0890. The Balaban J connectivity index is 2.45. The van der Waals surface area contributed by atoms with Crippen LogP contribution in [-0.4, -0.2) is 31.5 Å². The SMILES string of the molecule is O=C(O)c1nc(-c2ccco2)n2c(C(=O)O)cccc12. The molecule has 0 radical (unpaired) electrons. The highest BCUT2D eigenvalue weighted by Gasteiger charge is 2.22. The molecular formula is C13H8N2O5. The van der Waals surface area contributed by atoms with Gasteiger partial charge in [0.15, 0.2) is 17.3 Å². The van der Waals surface area contributed by atoms with Crippen molar-refractivity contribution in [1.82, 2.24) is 9.38 Å². The van der Waals surface area contributed by atoms with Crippen molar-refractivity contribution < 1.29 is 24.2 Å². The van der Waals surface area contributed by atoms with Crippen LogP contribution in [0.4, 0.5) is 0 Å². The van der Waals surface area contributed by atoms with Gasteiger partial charge in [-0.1, -0.05) is 6.07 Å². The molecule has 0 atom stereocenters. The maximum Gasteiger partial charge on any atom is 0.356 e. The van der Waals surface area contributed by atoms with Crippen molar-refractivity contribution in [2.45, 2.75) is 0 Å². The van der Waals surface area contributed by atoms with Gasteiger partial charge in [-0.3, -0.25) is 4.40 Å². The molecule has 20 heavy (non-hydrogen) atoms. The number of carbonyl (C=O) groups is 2. The zero-order valence-electron chi connectivity index (χ0n) is 9.98. The van der Waals surface area contributed by atoms with E-state index in [0.29, 0.717) is 5.76 Å². The number of hydrogen-bond donors (Lipinski definition) is 2. The summed E-state index contributed by atoms with van der Waals surface area (Å²) in [5.41, 5.74) is -0.114. The van der Waals surface area contributed by atoms with E-state index in [1.54, 1.807) is 12.1 Å². The number of fused-ring (bicyclic) bond motifs is 1. The smallest absolute Gasteiger partial charge is 0.356 e. The Morgan fingerprint density at radius 2 is 1.90 bits per heavy atom. The monoisotopic (exact) mass is 272 g/mol. The summed E-state index contributed by atoms with van der Waals surface area (Å²) in [6.45, 7) is 0. The summed E-state index contributed by atoms with van der Waals surface area (Å²) in [7, 11) is 0. The second-order valence-corrected chi connectivity index (χ2v) is 4.00. The Labute approximate surface area is 111 Å². The highest BCUT2D eigenvalue weighted by Crippen LogP contribution is 2.25. The quantitative estimate of drug-likeness (QED) is 0.755. The van der Waals surface area contributed by atoms with Gasteiger partial charge in [-0.15, -0.1) is 0 Å². The van der Waals surface area contributed by atoms with Crippen LogP contribution in [0.3, 0.4) is 0 Å². The molecule has 0 aromatic carbocycles. The number of hydrogen-bond acceptors (Lipinski definition) is 4. The van der Waals surface area contributed by atoms with Crippen molar-refractivity contribution in [3.8, 4) is 11.6 Å². The van der Waals surface area contributed by atoms with Gasteiger partial charge < -0.3 is 14.6 Å². The zero-order valence-corrected chi connectivity index (χ0v) is 9.98. The first-order valence-corrected chi connectivity index (χ1v) is 5.61. The fourth-order valence-electron chi connectivity index (χ4n) is 2.03. The summed E-state index contributed by atoms with van der Waals surface area (Å²) in [6, 6.07) is 7.53. The summed E-state index contributed by atoms with van der Waals surface area (Å²) in [4.78, 5) is 26.5.